The van der Waals surface area contributed by atoms with E-state index in [2.05, 4.69) is 30.0 Å². The molecule has 2 aromatic carbocycles. The highest BCUT2D eigenvalue weighted by Crippen LogP contribution is 2.26. The number of fused-ring (bicyclic) bond motifs is 1. The number of aromatic nitrogens is 1. The van der Waals surface area contributed by atoms with Crippen molar-refractivity contribution in [3.8, 4) is 12.3 Å². The third kappa shape index (κ3) is 4.88. The highest BCUT2D eigenvalue weighted by molar-refractivity contribution is 7.89. The lowest BCUT2D eigenvalue weighted by Crippen LogP contribution is -2.38. The van der Waals surface area contributed by atoms with Crippen molar-refractivity contribution in [2.45, 2.75) is 62.9 Å². The summed E-state index contributed by atoms with van der Waals surface area (Å²) in [5.74, 6) is 2.20. The van der Waals surface area contributed by atoms with Gasteiger partial charge in [-0.1, -0.05) is 49.5 Å². The molecule has 0 aliphatic heterocycles. The number of carbonyl (C=O) groups is 1. The molecule has 1 heterocycles. The molecule has 0 saturated heterocycles. The van der Waals surface area contributed by atoms with Crippen LogP contribution < -0.4 is 4.80 Å². The lowest BCUT2D eigenvalue weighted by atomic mass is 9.96. The van der Waals surface area contributed by atoms with Crippen LogP contribution in [0.2, 0.25) is 0 Å². The van der Waals surface area contributed by atoms with Crippen molar-refractivity contribution in [2.24, 2.45) is 4.99 Å². The second-order valence-electron chi connectivity index (χ2n) is 8.58. The average Bonchev–Trinajstić information content (AvgIpc) is 3.20. The van der Waals surface area contributed by atoms with E-state index < -0.39 is 15.9 Å². The number of thiazole rings is 1. The first kappa shape index (κ1) is 24.4. The maximum absolute atomic E-state index is 13.1. The van der Waals surface area contributed by atoms with Crippen molar-refractivity contribution in [2.75, 3.05) is 7.05 Å². The normalized spacial score (nSPS) is 15.6. The quantitative estimate of drug-likeness (QED) is 0.470. The van der Waals surface area contributed by atoms with Crippen molar-refractivity contribution in [1.29, 1.82) is 0 Å². The molecule has 0 bridgehead atoms. The second kappa shape index (κ2) is 10.3. The molecular weight excluding hydrogens is 466 g/mol. The fourth-order valence-electron chi connectivity index (χ4n) is 4.40. The number of aryl methyl sites for hydroxylation is 1. The zero-order valence-corrected chi connectivity index (χ0v) is 21.2. The summed E-state index contributed by atoms with van der Waals surface area (Å²) in [7, 11) is -1.96. The fraction of sp³-hybridized carbons (Fsp3) is 0.385. The van der Waals surface area contributed by atoms with Gasteiger partial charge in [0.25, 0.3) is 5.91 Å². The lowest BCUT2D eigenvalue weighted by molar-refractivity contribution is 0.0998. The molecule has 4 rings (SSSR count). The predicted molar refractivity (Wildman–Crippen MR) is 136 cm³/mol. The molecule has 1 fully saturated rings. The number of amides is 1. The Labute approximate surface area is 205 Å². The van der Waals surface area contributed by atoms with Gasteiger partial charge >= 0.3 is 0 Å². The van der Waals surface area contributed by atoms with Gasteiger partial charge < -0.3 is 4.57 Å². The molecule has 1 aromatic heterocycles. The Kier molecular flexibility index (Phi) is 7.36. The minimum Gasteiger partial charge on any atom is -0.305 e. The van der Waals surface area contributed by atoms with Crippen molar-refractivity contribution < 1.29 is 13.2 Å². The van der Waals surface area contributed by atoms with Crippen LogP contribution >= 0.6 is 11.3 Å². The Hall–Kier alpha value is -2.73. The molecule has 0 N–H and O–H groups in total. The van der Waals surface area contributed by atoms with E-state index in [1.54, 1.807) is 7.05 Å². The number of carbonyl (C=O) groups excluding carboxylic acids is 1. The Bertz CT molecular complexity index is 1400. The molecule has 0 unspecified atom stereocenters. The molecule has 6 nitrogen and oxygen atoms in total. The monoisotopic (exact) mass is 495 g/mol. The van der Waals surface area contributed by atoms with E-state index in [4.69, 9.17) is 6.42 Å². The van der Waals surface area contributed by atoms with Crippen LogP contribution in [-0.4, -0.2) is 36.3 Å². The van der Waals surface area contributed by atoms with Crippen LogP contribution in [0.4, 0.5) is 0 Å². The van der Waals surface area contributed by atoms with Crippen molar-refractivity contribution in [3.05, 3.63) is 58.4 Å². The summed E-state index contributed by atoms with van der Waals surface area (Å²) < 4.78 is 30.5. The van der Waals surface area contributed by atoms with Gasteiger partial charge in [-0.3, -0.25) is 4.79 Å². The first-order chi connectivity index (χ1) is 16.3. The Morgan fingerprint density at radius 2 is 1.88 bits per heavy atom. The minimum atomic E-state index is -3.61. The van der Waals surface area contributed by atoms with Crippen molar-refractivity contribution in [1.82, 2.24) is 8.87 Å². The van der Waals surface area contributed by atoms with Crippen LogP contribution in [0.3, 0.4) is 0 Å². The number of sulfonamides is 1. The Morgan fingerprint density at radius 1 is 1.18 bits per heavy atom. The van der Waals surface area contributed by atoms with Crippen LogP contribution in [0.5, 0.6) is 0 Å². The largest absolute Gasteiger partial charge is 0.305 e. The predicted octanol–water partition coefficient (Wildman–Crippen LogP) is 4.59. The summed E-state index contributed by atoms with van der Waals surface area (Å²) in [6.07, 6.45) is 11.5. The topological polar surface area (TPSA) is 71.7 Å². The van der Waals surface area contributed by atoms with Gasteiger partial charge in [-0.05, 0) is 61.2 Å². The summed E-state index contributed by atoms with van der Waals surface area (Å²) in [6, 6.07) is 12.2. The number of nitrogens with zero attached hydrogens (tertiary/aromatic N) is 3. The third-order valence-corrected chi connectivity index (χ3v) is 9.43. The van der Waals surface area contributed by atoms with Gasteiger partial charge in [0.1, 0.15) is 0 Å². The highest BCUT2D eigenvalue weighted by atomic mass is 32.2. The van der Waals surface area contributed by atoms with Crippen LogP contribution in [0.15, 0.2) is 52.4 Å². The van der Waals surface area contributed by atoms with Gasteiger partial charge in [0, 0.05) is 18.7 Å². The molecule has 0 spiro atoms. The first-order valence-corrected chi connectivity index (χ1v) is 13.8. The Morgan fingerprint density at radius 3 is 2.53 bits per heavy atom. The van der Waals surface area contributed by atoms with Gasteiger partial charge in [0.05, 0.1) is 21.7 Å². The number of hydrogen-bond acceptors (Lipinski definition) is 4. The molecule has 8 heteroatoms. The smallest absolute Gasteiger partial charge is 0.279 e. The van der Waals surface area contributed by atoms with E-state index in [1.807, 2.05) is 10.6 Å². The van der Waals surface area contributed by atoms with Crippen LogP contribution in [0, 0.1) is 12.3 Å². The van der Waals surface area contributed by atoms with Crippen molar-refractivity contribution in [3.63, 3.8) is 0 Å². The molecule has 1 aliphatic rings. The average molecular weight is 496 g/mol. The number of benzene rings is 2. The first-order valence-electron chi connectivity index (χ1n) is 11.6. The maximum Gasteiger partial charge on any atom is 0.279 e. The molecular formula is C26H29N3O3S2. The number of terminal acetylenes is 1. The summed E-state index contributed by atoms with van der Waals surface area (Å²) in [5, 5.41) is 0. The van der Waals surface area contributed by atoms with E-state index in [-0.39, 0.29) is 10.9 Å². The lowest BCUT2D eigenvalue weighted by Gasteiger charge is -2.30. The van der Waals surface area contributed by atoms with E-state index in [9.17, 15) is 13.2 Å². The molecule has 1 amide bonds. The molecule has 0 atom stereocenters. The molecule has 1 saturated carbocycles. The van der Waals surface area contributed by atoms with Crippen molar-refractivity contribution >= 4 is 37.5 Å². The van der Waals surface area contributed by atoms with Crippen LogP contribution in [0.1, 0.15) is 54.9 Å². The summed E-state index contributed by atoms with van der Waals surface area (Å²) in [4.78, 5) is 18.0. The Balaban J connectivity index is 1.62. The summed E-state index contributed by atoms with van der Waals surface area (Å²) in [6.45, 7) is 2.40. The molecule has 178 valence electrons. The molecule has 3 aromatic rings. The zero-order valence-electron chi connectivity index (χ0n) is 19.5. The van der Waals surface area contributed by atoms with Gasteiger partial charge in [0.15, 0.2) is 4.80 Å². The number of hydrogen-bond donors (Lipinski definition) is 0. The van der Waals surface area contributed by atoms with E-state index in [0.717, 1.165) is 48.7 Å². The van der Waals surface area contributed by atoms with E-state index in [1.165, 1.54) is 45.5 Å². The second-order valence-corrected chi connectivity index (χ2v) is 11.6. The standard InChI is InChI=1S/C26H29N3O3S2/c1-4-17-29-23-16-11-19(5-2)18-24(23)33-26(29)27-25(30)20-12-14-22(15-13-20)34(31,32)28(3)21-9-7-6-8-10-21/h1,11-16,18,21H,5-10,17H2,2-3H3. The van der Waals surface area contributed by atoms with Gasteiger partial charge in [-0.15, -0.1) is 6.42 Å². The van der Waals surface area contributed by atoms with E-state index >= 15 is 0 Å². The summed E-state index contributed by atoms with van der Waals surface area (Å²) >= 11 is 1.42. The SMILES string of the molecule is C#CCn1c(=NC(=O)c2ccc(S(=O)(=O)N(C)C3CCCCC3)cc2)sc2cc(CC)ccc21. The van der Waals surface area contributed by atoms with Gasteiger partial charge in [0.2, 0.25) is 10.0 Å². The van der Waals surface area contributed by atoms with Crippen LogP contribution in [-0.2, 0) is 23.0 Å². The molecule has 0 radical (unpaired) electrons. The van der Waals surface area contributed by atoms with Gasteiger partial charge in [-0.25, -0.2) is 8.42 Å². The zero-order chi connectivity index (χ0) is 24.3. The molecule has 34 heavy (non-hydrogen) atoms. The van der Waals surface area contributed by atoms with Gasteiger partial charge in [-0.2, -0.15) is 9.30 Å². The van der Waals surface area contributed by atoms with Crippen LogP contribution in [0.25, 0.3) is 10.2 Å². The van der Waals surface area contributed by atoms with E-state index in [0.29, 0.717) is 16.9 Å². The summed E-state index contributed by atoms with van der Waals surface area (Å²) in [5.41, 5.74) is 2.48. The fourth-order valence-corrected chi connectivity index (χ4v) is 6.90. The maximum atomic E-state index is 13.1. The minimum absolute atomic E-state index is 0.0304. The number of rotatable bonds is 6. The highest BCUT2D eigenvalue weighted by Gasteiger charge is 2.29. The molecule has 1 aliphatic carbocycles. The third-order valence-electron chi connectivity index (χ3n) is 6.47.